The number of halogens is 1. The van der Waals surface area contributed by atoms with Gasteiger partial charge in [0, 0.05) is 18.9 Å². The van der Waals surface area contributed by atoms with E-state index in [2.05, 4.69) is 0 Å². The van der Waals surface area contributed by atoms with E-state index in [1.54, 1.807) is 12.1 Å². The van der Waals surface area contributed by atoms with Crippen LogP contribution in [-0.2, 0) is 5.67 Å². The highest BCUT2D eigenvalue weighted by Crippen LogP contribution is 2.44. The summed E-state index contributed by atoms with van der Waals surface area (Å²) < 4.78 is 19.7. The molecule has 0 radical (unpaired) electrons. The zero-order valence-corrected chi connectivity index (χ0v) is 9.74. The highest BCUT2D eigenvalue weighted by Gasteiger charge is 2.44. The lowest BCUT2D eigenvalue weighted by Gasteiger charge is -2.39. The second-order valence-corrected chi connectivity index (χ2v) is 4.82. The molecule has 16 heavy (non-hydrogen) atoms. The lowest BCUT2D eigenvalue weighted by Crippen LogP contribution is -2.46. The first kappa shape index (κ1) is 11.4. The van der Waals surface area contributed by atoms with Gasteiger partial charge in [0.15, 0.2) is 0 Å². The van der Waals surface area contributed by atoms with Crippen molar-refractivity contribution in [2.45, 2.75) is 44.5 Å². The SMILES string of the molecule is CC(C)Oc1ccc(C2(F)CC(N)C2)cc1. The maximum atomic E-state index is 14.2. The van der Waals surface area contributed by atoms with Crippen molar-refractivity contribution in [3.05, 3.63) is 29.8 Å². The standard InChI is InChI=1S/C13H18FNO/c1-9(2)16-12-5-3-10(4-6-12)13(14)7-11(15)8-13/h3-6,9,11H,7-8,15H2,1-2H3. The number of hydrogen-bond donors (Lipinski definition) is 1. The second kappa shape index (κ2) is 4.06. The van der Waals surface area contributed by atoms with E-state index in [1.165, 1.54) is 0 Å². The minimum absolute atomic E-state index is 0.0107. The van der Waals surface area contributed by atoms with Crippen molar-refractivity contribution < 1.29 is 9.13 Å². The minimum atomic E-state index is -1.21. The van der Waals surface area contributed by atoms with E-state index in [4.69, 9.17) is 10.5 Å². The molecular weight excluding hydrogens is 205 g/mol. The molecule has 0 aromatic heterocycles. The molecule has 2 rings (SSSR count). The van der Waals surface area contributed by atoms with Crippen molar-refractivity contribution in [2.24, 2.45) is 5.73 Å². The first-order valence-electron chi connectivity index (χ1n) is 5.71. The molecular formula is C13H18FNO. The fourth-order valence-corrected chi connectivity index (χ4v) is 2.11. The normalized spacial score (nSPS) is 28.9. The molecule has 1 aromatic carbocycles. The van der Waals surface area contributed by atoms with Crippen LogP contribution >= 0.6 is 0 Å². The molecule has 1 saturated carbocycles. The van der Waals surface area contributed by atoms with Gasteiger partial charge in [-0.3, -0.25) is 0 Å². The van der Waals surface area contributed by atoms with E-state index in [-0.39, 0.29) is 12.1 Å². The Morgan fingerprint density at radius 1 is 1.31 bits per heavy atom. The Labute approximate surface area is 95.6 Å². The summed E-state index contributed by atoms with van der Waals surface area (Å²) in [6.07, 6.45) is 0.997. The zero-order valence-electron chi connectivity index (χ0n) is 9.74. The summed E-state index contributed by atoms with van der Waals surface area (Å²) in [6, 6.07) is 7.24. The summed E-state index contributed by atoms with van der Waals surface area (Å²) in [6.45, 7) is 3.94. The third kappa shape index (κ3) is 2.19. The fraction of sp³-hybridized carbons (Fsp3) is 0.538. The number of benzene rings is 1. The van der Waals surface area contributed by atoms with Crippen LogP contribution < -0.4 is 10.5 Å². The van der Waals surface area contributed by atoms with Gasteiger partial charge in [0.1, 0.15) is 11.4 Å². The van der Waals surface area contributed by atoms with Crippen molar-refractivity contribution >= 4 is 0 Å². The molecule has 0 spiro atoms. The molecule has 0 aliphatic heterocycles. The molecule has 0 saturated heterocycles. The summed E-state index contributed by atoms with van der Waals surface area (Å²) in [5, 5.41) is 0. The Hall–Kier alpha value is -1.09. The van der Waals surface area contributed by atoms with Gasteiger partial charge in [-0.1, -0.05) is 12.1 Å². The van der Waals surface area contributed by atoms with E-state index >= 15 is 0 Å². The summed E-state index contributed by atoms with van der Waals surface area (Å²) in [7, 11) is 0. The smallest absolute Gasteiger partial charge is 0.139 e. The van der Waals surface area contributed by atoms with E-state index in [9.17, 15) is 4.39 Å². The molecule has 1 aromatic rings. The summed E-state index contributed by atoms with van der Waals surface area (Å²) in [5.74, 6) is 0.783. The van der Waals surface area contributed by atoms with E-state index in [0.717, 1.165) is 5.75 Å². The van der Waals surface area contributed by atoms with Gasteiger partial charge in [0.25, 0.3) is 0 Å². The molecule has 1 fully saturated rings. The maximum Gasteiger partial charge on any atom is 0.139 e. The first-order valence-corrected chi connectivity index (χ1v) is 5.71. The quantitative estimate of drug-likeness (QED) is 0.855. The van der Waals surface area contributed by atoms with Crippen molar-refractivity contribution in [3.8, 4) is 5.75 Å². The third-order valence-corrected chi connectivity index (χ3v) is 2.91. The van der Waals surface area contributed by atoms with Crippen molar-refractivity contribution in [2.75, 3.05) is 0 Å². The molecule has 0 bridgehead atoms. The van der Waals surface area contributed by atoms with Crippen LogP contribution in [0.25, 0.3) is 0 Å². The molecule has 1 aliphatic rings. The summed E-state index contributed by atoms with van der Waals surface area (Å²) in [5.41, 5.74) is 5.12. The predicted molar refractivity (Wildman–Crippen MR) is 62.2 cm³/mol. The average molecular weight is 223 g/mol. The van der Waals surface area contributed by atoms with Gasteiger partial charge in [0.2, 0.25) is 0 Å². The average Bonchev–Trinajstić information content (AvgIpc) is 2.15. The van der Waals surface area contributed by atoms with Crippen LogP contribution in [0, 0.1) is 0 Å². The number of nitrogens with two attached hydrogens (primary N) is 1. The van der Waals surface area contributed by atoms with E-state index < -0.39 is 5.67 Å². The van der Waals surface area contributed by atoms with Crippen LogP contribution in [0.4, 0.5) is 4.39 Å². The van der Waals surface area contributed by atoms with Gasteiger partial charge in [0.05, 0.1) is 6.10 Å². The molecule has 0 atom stereocenters. The Bertz CT molecular complexity index is 355. The Balaban J connectivity index is 2.08. The van der Waals surface area contributed by atoms with Gasteiger partial charge in [-0.05, 0) is 31.5 Å². The van der Waals surface area contributed by atoms with Gasteiger partial charge >= 0.3 is 0 Å². The summed E-state index contributed by atoms with van der Waals surface area (Å²) in [4.78, 5) is 0. The predicted octanol–water partition coefficient (Wildman–Crippen LogP) is 2.76. The lowest BCUT2D eigenvalue weighted by atomic mass is 9.73. The Morgan fingerprint density at radius 2 is 1.88 bits per heavy atom. The fourth-order valence-electron chi connectivity index (χ4n) is 2.11. The number of ether oxygens (including phenoxy) is 1. The molecule has 88 valence electrons. The molecule has 0 amide bonds. The number of rotatable bonds is 3. The monoisotopic (exact) mass is 223 g/mol. The molecule has 0 heterocycles. The van der Waals surface area contributed by atoms with E-state index in [0.29, 0.717) is 18.4 Å². The van der Waals surface area contributed by atoms with Gasteiger partial charge in [-0.2, -0.15) is 0 Å². The molecule has 0 unspecified atom stereocenters. The van der Waals surface area contributed by atoms with Crippen molar-refractivity contribution in [1.82, 2.24) is 0 Å². The van der Waals surface area contributed by atoms with Crippen molar-refractivity contribution in [3.63, 3.8) is 0 Å². The van der Waals surface area contributed by atoms with Gasteiger partial charge < -0.3 is 10.5 Å². The maximum absolute atomic E-state index is 14.2. The van der Waals surface area contributed by atoms with Crippen LogP contribution in [0.1, 0.15) is 32.3 Å². The number of hydrogen-bond acceptors (Lipinski definition) is 2. The van der Waals surface area contributed by atoms with E-state index in [1.807, 2.05) is 26.0 Å². The Morgan fingerprint density at radius 3 is 2.31 bits per heavy atom. The molecule has 2 N–H and O–H groups in total. The lowest BCUT2D eigenvalue weighted by molar-refractivity contribution is 0.0405. The van der Waals surface area contributed by atoms with Crippen molar-refractivity contribution in [1.29, 1.82) is 0 Å². The molecule has 3 heteroatoms. The van der Waals surface area contributed by atoms with Gasteiger partial charge in [-0.15, -0.1) is 0 Å². The van der Waals surface area contributed by atoms with Crippen LogP contribution in [-0.4, -0.2) is 12.1 Å². The molecule has 2 nitrogen and oxygen atoms in total. The second-order valence-electron chi connectivity index (χ2n) is 4.82. The highest BCUT2D eigenvalue weighted by molar-refractivity contribution is 5.33. The molecule has 1 aliphatic carbocycles. The minimum Gasteiger partial charge on any atom is -0.491 e. The summed E-state index contributed by atoms with van der Waals surface area (Å²) >= 11 is 0. The first-order chi connectivity index (χ1) is 7.49. The third-order valence-electron chi connectivity index (χ3n) is 2.91. The van der Waals surface area contributed by atoms with Crippen LogP contribution in [0.3, 0.4) is 0 Å². The zero-order chi connectivity index (χ0) is 11.8. The topological polar surface area (TPSA) is 35.2 Å². The Kier molecular flexibility index (Phi) is 2.89. The van der Waals surface area contributed by atoms with Crippen LogP contribution in [0.5, 0.6) is 5.75 Å². The van der Waals surface area contributed by atoms with Crippen LogP contribution in [0.15, 0.2) is 24.3 Å². The largest absolute Gasteiger partial charge is 0.491 e. The van der Waals surface area contributed by atoms with Crippen LogP contribution in [0.2, 0.25) is 0 Å². The van der Waals surface area contributed by atoms with Gasteiger partial charge in [-0.25, -0.2) is 4.39 Å². The highest BCUT2D eigenvalue weighted by atomic mass is 19.1. The number of alkyl halides is 1.